The molecule has 1 aromatic carbocycles. The van der Waals surface area contributed by atoms with E-state index in [1.54, 1.807) is 11.9 Å². The predicted octanol–water partition coefficient (Wildman–Crippen LogP) is 3.27. The molecular weight excluding hydrogens is 354 g/mol. The van der Waals surface area contributed by atoms with E-state index in [9.17, 15) is 4.79 Å². The van der Waals surface area contributed by atoms with Crippen LogP contribution >= 0.6 is 11.6 Å². The van der Waals surface area contributed by atoms with Crippen molar-refractivity contribution in [2.24, 2.45) is 0 Å². The van der Waals surface area contributed by atoms with Crippen molar-refractivity contribution in [1.29, 1.82) is 0 Å². The maximum absolute atomic E-state index is 12.4. The molecule has 1 aliphatic rings. The molecular formula is C19H24ClN3O3. The number of amides is 1. The van der Waals surface area contributed by atoms with Gasteiger partial charge in [-0.2, -0.15) is 0 Å². The van der Waals surface area contributed by atoms with Crippen LogP contribution in [0.5, 0.6) is 5.75 Å². The zero-order valence-corrected chi connectivity index (χ0v) is 16.1. The summed E-state index contributed by atoms with van der Waals surface area (Å²) in [6, 6.07) is 7.53. The number of ether oxygens (including phenoxy) is 1. The van der Waals surface area contributed by atoms with Crippen LogP contribution in [0.4, 0.5) is 0 Å². The Kier molecular flexibility index (Phi) is 5.84. The number of carbonyl (C=O) groups is 1. The van der Waals surface area contributed by atoms with Gasteiger partial charge in [-0.25, -0.2) is 0 Å². The Balaban J connectivity index is 1.57. The van der Waals surface area contributed by atoms with Crippen LogP contribution in [0.25, 0.3) is 0 Å². The first-order valence-electron chi connectivity index (χ1n) is 8.74. The van der Waals surface area contributed by atoms with Gasteiger partial charge in [0.25, 0.3) is 0 Å². The molecule has 2 aromatic rings. The Labute approximate surface area is 158 Å². The first-order chi connectivity index (χ1) is 12.4. The zero-order valence-electron chi connectivity index (χ0n) is 15.4. The number of hydrogen-bond donors (Lipinski definition) is 0. The van der Waals surface area contributed by atoms with Crippen molar-refractivity contribution in [3.05, 3.63) is 46.3 Å². The molecule has 1 aromatic heterocycles. The smallest absolute Gasteiger partial charge is 0.224 e. The van der Waals surface area contributed by atoms with Crippen LogP contribution in [0.3, 0.4) is 0 Å². The normalized spacial score (nSPS) is 17.3. The Bertz CT molecular complexity index is 777. The van der Waals surface area contributed by atoms with Gasteiger partial charge in [0.1, 0.15) is 11.9 Å². The summed E-state index contributed by atoms with van der Waals surface area (Å²) in [6.07, 6.45) is 0.495. The topological polar surface area (TPSA) is 58.8 Å². The van der Waals surface area contributed by atoms with Gasteiger partial charge in [-0.05, 0) is 32.0 Å². The number of rotatable bonds is 5. The van der Waals surface area contributed by atoms with Crippen molar-refractivity contribution in [2.75, 3.05) is 20.1 Å². The van der Waals surface area contributed by atoms with E-state index >= 15 is 0 Å². The van der Waals surface area contributed by atoms with Crippen LogP contribution in [-0.4, -0.2) is 47.1 Å². The summed E-state index contributed by atoms with van der Waals surface area (Å²) in [4.78, 5) is 16.4. The Hall–Kier alpha value is -2.05. The number of halogens is 1. The fourth-order valence-corrected chi connectivity index (χ4v) is 3.33. The van der Waals surface area contributed by atoms with E-state index in [1.165, 1.54) is 0 Å². The lowest BCUT2D eigenvalue weighted by atomic mass is 10.2. The van der Waals surface area contributed by atoms with Crippen LogP contribution in [0.2, 0.25) is 5.02 Å². The third kappa shape index (κ3) is 4.77. The number of aromatic nitrogens is 1. The second-order valence-corrected chi connectivity index (χ2v) is 7.29. The van der Waals surface area contributed by atoms with Crippen molar-refractivity contribution < 1.29 is 14.1 Å². The van der Waals surface area contributed by atoms with E-state index in [4.69, 9.17) is 20.9 Å². The van der Waals surface area contributed by atoms with E-state index < -0.39 is 0 Å². The van der Waals surface area contributed by atoms with Crippen LogP contribution in [0.15, 0.2) is 28.8 Å². The monoisotopic (exact) mass is 377 g/mol. The molecule has 1 amide bonds. The predicted molar refractivity (Wildman–Crippen MR) is 99.2 cm³/mol. The fourth-order valence-electron chi connectivity index (χ4n) is 3.14. The molecule has 1 aliphatic heterocycles. The summed E-state index contributed by atoms with van der Waals surface area (Å²) in [6.45, 7) is 6.48. The van der Waals surface area contributed by atoms with Gasteiger partial charge >= 0.3 is 0 Å². The number of benzene rings is 1. The van der Waals surface area contributed by atoms with Crippen molar-refractivity contribution in [3.8, 4) is 5.75 Å². The highest BCUT2D eigenvalue weighted by atomic mass is 35.5. The molecule has 1 atom stereocenters. The third-order valence-corrected chi connectivity index (χ3v) is 4.63. The first kappa shape index (κ1) is 18.7. The molecule has 0 saturated carbocycles. The highest BCUT2D eigenvalue weighted by Gasteiger charge is 2.21. The van der Waals surface area contributed by atoms with Crippen molar-refractivity contribution in [1.82, 2.24) is 15.0 Å². The van der Waals surface area contributed by atoms with Gasteiger partial charge in [0.15, 0.2) is 5.76 Å². The van der Waals surface area contributed by atoms with E-state index in [2.05, 4.69) is 10.1 Å². The largest absolute Gasteiger partial charge is 0.489 e. The van der Waals surface area contributed by atoms with E-state index in [-0.39, 0.29) is 12.0 Å². The summed E-state index contributed by atoms with van der Waals surface area (Å²) in [7, 11) is 1.78. The minimum Gasteiger partial charge on any atom is -0.489 e. The van der Waals surface area contributed by atoms with Crippen molar-refractivity contribution >= 4 is 17.5 Å². The maximum atomic E-state index is 12.4. The summed E-state index contributed by atoms with van der Waals surface area (Å²) < 4.78 is 11.1. The van der Waals surface area contributed by atoms with Gasteiger partial charge in [-0.3, -0.25) is 9.69 Å². The second-order valence-electron chi connectivity index (χ2n) is 6.85. The SMILES string of the molecule is Cc1cc(CN(C)C(=O)CCN2Cc3cc(Cl)ccc3OC(C)C2)on1. The quantitative estimate of drug-likeness (QED) is 0.800. The van der Waals surface area contributed by atoms with E-state index in [0.29, 0.717) is 30.3 Å². The average Bonchev–Trinajstić information content (AvgIpc) is 2.91. The molecule has 7 heteroatoms. The molecule has 26 heavy (non-hydrogen) atoms. The zero-order chi connectivity index (χ0) is 18.7. The lowest BCUT2D eigenvalue weighted by Crippen LogP contribution is -2.35. The van der Waals surface area contributed by atoms with Crippen LogP contribution in [0, 0.1) is 6.92 Å². The van der Waals surface area contributed by atoms with Crippen molar-refractivity contribution in [2.45, 2.75) is 39.5 Å². The summed E-state index contributed by atoms with van der Waals surface area (Å²) in [5, 5.41) is 4.54. The minimum absolute atomic E-state index is 0.0578. The second kappa shape index (κ2) is 8.10. The molecule has 3 rings (SSSR count). The van der Waals surface area contributed by atoms with Gasteiger partial charge < -0.3 is 14.2 Å². The van der Waals surface area contributed by atoms with Gasteiger partial charge in [-0.15, -0.1) is 0 Å². The first-order valence-corrected chi connectivity index (χ1v) is 9.12. The van der Waals surface area contributed by atoms with E-state index in [1.807, 2.05) is 38.1 Å². The number of fused-ring (bicyclic) bond motifs is 1. The summed E-state index contributed by atoms with van der Waals surface area (Å²) >= 11 is 6.11. The Morgan fingerprint density at radius 3 is 2.96 bits per heavy atom. The van der Waals surface area contributed by atoms with E-state index in [0.717, 1.165) is 30.1 Å². The molecule has 0 spiro atoms. The molecule has 0 saturated heterocycles. The van der Waals surface area contributed by atoms with Crippen LogP contribution in [-0.2, 0) is 17.9 Å². The lowest BCUT2D eigenvalue weighted by Gasteiger charge is -2.23. The molecule has 2 heterocycles. The van der Waals surface area contributed by atoms with Gasteiger partial charge in [0.2, 0.25) is 5.91 Å². The molecule has 0 fully saturated rings. The maximum Gasteiger partial charge on any atom is 0.224 e. The molecule has 140 valence electrons. The molecule has 0 aliphatic carbocycles. The highest BCUT2D eigenvalue weighted by Crippen LogP contribution is 2.28. The third-order valence-electron chi connectivity index (χ3n) is 4.40. The summed E-state index contributed by atoms with van der Waals surface area (Å²) in [5.41, 5.74) is 1.87. The Morgan fingerprint density at radius 2 is 2.23 bits per heavy atom. The van der Waals surface area contributed by atoms with Crippen LogP contribution in [0.1, 0.15) is 30.4 Å². The van der Waals surface area contributed by atoms with Gasteiger partial charge in [0.05, 0.1) is 12.2 Å². The van der Waals surface area contributed by atoms with Crippen LogP contribution < -0.4 is 4.74 Å². The standard InChI is InChI=1S/C19H24ClN3O3/c1-13-8-17(26-21-13)12-22(3)19(24)6-7-23-10-14(2)25-18-5-4-16(20)9-15(18)11-23/h4-5,8-9,14H,6-7,10-12H2,1-3H3. The average molecular weight is 378 g/mol. The molecule has 1 unspecified atom stereocenters. The lowest BCUT2D eigenvalue weighted by molar-refractivity contribution is -0.131. The Morgan fingerprint density at radius 1 is 1.42 bits per heavy atom. The molecule has 6 nitrogen and oxygen atoms in total. The van der Waals surface area contributed by atoms with Crippen molar-refractivity contribution in [3.63, 3.8) is 0 Å². The number of carbonyl (C=O) groups excluding carboxylic acids is 1. The molecule has 0 N–H and O–H groups in total. The number of nitrogens with zero attached hydrogens (tertiary/aromatic N) is 3. The number of aryl methyl sites for hydroxylation is 1. The summed E-state index contributed by atoms with van der Waals surface area (Å²) in [5.74, 6) is 1.63. The van der Waals surface area contributed by atoms with Gasteiger partial charge in [0, 0.05) is 49.8 Å². The minimum atomic E-state index is 0.0578. The van der Waals surface area contributed by atoms with Gasteiger partial charge in [-0.1, -0.05) is 16.8 Å². The molecule has 0 bridgehead atoms. The molecule has 0 radical (unpaired) electrons. The highest BCUT2D eigenvalue weighted by molar-refractivity contribution is 6.30. The number of hydrogen-bond acceptors (Lipinski definition) is 5. The fraction of sp³-hybridized carbons (Fsp3) is 0.474.